The van der Waals surface area contributed by atoms with E-state index in [1.165, 1.54) is 0 Å². The van der Waals surface area contributed by atoms with E-state index in [2.05, 4.69) is 15.6 Å². The van der Waals surface area contributed by atoms with Crippen molar-refractivity contribution in [1.29, 1.82) is 0 Å². The minimum atomic E-state index is -0.296. The van der Waals surface area contributed by atoms with Crippen LogP contribution in [-0.2, 0) is 11.3 Å². The molecule has 0 unspecified atom stereocenters. The van der Waals surface area contributed by atoms with Gasteiger partial charge >= 0.3 is 0 Å². The third kappa shape index (κ3) is 5.42. The molecule has 0 aliphatic heterocycles. The third-order valence-electron chi connectivity index (χ3n) is 3.29. The van der Waals surface area contributed by atoms with Crippen molar-refractivity contribution < 1.29 is 14.3 Å². The monoisotopic (exact) mass is 330 g/mol. The zero-order valence-electron chi connectivity index (χ0n) is 13.9. The van der Waals surface area contributed by atoms with Crippen LogP contribution >= 0.6 is 0 Å². The van der Waals surface area contributed by atoms with Crippen LogP contribution in [0.1, 0.15) is 24.2 Å². The van der Waals surface area contributed by atoms with Crippen molar-refractivity contribution in [3.05, 3.63) is 48.5 Å². The number of amides is 2. The molecule has 24 heavy (non-hydrogen) atoms. The number of aromatic nitrogens is 2. The van der Waals surface area contributed by atoms with E-state index in [9.17, 15) is 9.59 Å². The molecule has 2 aromatic rings. The van der Waals surface area contributed by atoms with Crippen molar-refractivity contribution in [3.63, 3.8) is 0 Å². The van der Waals surface area contributed by atoms with Crippen LogP contribution in [0.25, 0.3) is 0 Å². The Balaban J connectivity index is 1.75. The van der Waals surface area contributed by atoms with Crippen LogP contribution in [-0.4, -0.2) is 40.6 Å². The fourth-order valence-electron chi connectivity index (χ4n) is 2.21. The topological polar surface area (TPSA) is 85.2 Å². The van der Waals surface area contributed by atoms with Gasteiger partial charge in [-0.3, -0.25) is 9.59 Å². The van der Waals surface area contributed by atoms with Crippen molar-refractivity contribution in [2.24, 2.45) is 0 Å². The number of benzene rings is 1. The molecule has 2 N–H and O–H groups in total. The lowest BCUT2D eigenvalue weighted by Gasteiger charge is -2.14. The van der Waals surface area contributed by atoms with Gasteiger partial charge in [0.05, 0.1) is 19.5 Å². The molecule has 7 heteroatoms. The molecule has 0 radical (unpaired) electrons. The Morgan fingerprint density at radius 1 is 1.29 bits per heavy atom. The van der Waals surface area contributed by atoms with Gasteiger partial charge in [-0.05, 0) is 38.1 Å². The van der Waals surface area contributed by atoms with Crippen LogP contribution in [0.4, 0.5) is 0 Å². The van der Waals surface area contributed by atoms with E-state index in [-0.39, 0.29) is 24.4 Å². The summed E-state index contributed by atoms with van der Waals surface area (Å²) in [5.41, 5.74) is 0.484. The van der Waals surface area contributed by atoms with E-state index < -0.39 is 0 Å². The number of hydrogen-bond donors (Lipinski definition) is 2. The third-order valence-corrected chi connectivity index (χ3v) is 3.29. The molecule has 0 aliphatic rings. The van der Waals surface area contributed by atoms with Crippen LogP contribution in [0, 0.1) is 0 Å². The molecule has 1 aromatic heterocycles. The molecular weight excluding hydrogens is 308 g/mol. The molecule has 0 spiro atoms. The molecule has 2 rings (SSSR count). The molecule has 128 valence electrons. The van der Waals surface area contributed by atoms with Gasteiger partial charge in [0.2, 0.25) is 5.91 Å². The maximum atomic E-state index is 12.0. The first-order chi connectivity index (χ1) is 11.6. The van der Waals surface area contributed by atoms with Gasteiger partial charge < -0.3 is 19.9 Å². The highest BCUT2D eigenvalue weighted by molar-refractivity contribution is 5.96. The Hall–Kier alpha value is -2.83. The Labute approximate surface area is 141 Å². The number of rotatable bonds is 8. The van der Waals surface area contributed by atoms with Crippen molar-refractivity contribution in [1.82, 2.24) is 20.2 Å². The number of hydrogen-bond acceptors (Lipinski definition) is 4. The Morgan fingerprint density at radius 3 is 2.67 bits per heavy atom. The van der Waals surface area contributed by atoms with Gasteiger partial charge in [0.25, 0.3) is 5.91 Å². The first-order valence-corrected chi connectivity index (χ1v) is 7.84. The fraction of sp³-hybridized carbons (Fsp3) is 0.353. The van der Waals surface area contributed by atoms with Crippen molar-refractivity contribution in [2.45, 2.75) is 26.4 Å². The summed E-state index contributed by atoms with van der Waals surface area (Å²) in [6.07, 6.45) is 5.21. The number of ether oxygens (including phenoxy) is 1. The van der Waals surface area contributed by atoms with Gasteiger partial charge in [-0.25, -0.2) is 4.98 Å². The second kappa shape index (κ2) is 8.71. The highest BCUT2D eigenvalue weighted by Crippen LogP contribution is 2.11. The SMILES string of the molecule is CCOc1ccc(C(=O)NCC(=O)N[C@H](C)Cn2ccnc2)cc1. The quantitative estimate of drug-likeness (QED) is 0.762. The molecule has 1 atom stereocenters. The zero-order valence-corrected chi connectivity index (χ0v) is 13.9. The van der Waals surface area contributed by atoms with E-state index >= 15 is 0 Å². The smallest absolute Gasteiger partial charge is 0.251 e. The van der Waals surface area contributed by atoms with E-state index in [1.54, 1.807) is 36.8 Å². The summed E-state index contributed by atoms with van der Waals surface area (Å²) in [4.78, 5) is 27.9. The van der Waals surface area contributed by atoms with Crippen LogP contribution < -0.4 is 15.4 Å². The highest BCUT2D eigenvalue weighted by Gasteiger charge is 2.11. The predicted molar refractivity (Wildman–Crippen MR) is 89.8 cm³/mol. The average molecular weight is 330 g/mol. The molecule has 1 aromatic carbocycles. The molecule has 0 saturated heterocycles. The van der Waals surface area contributed by atoms with Crippen LogP contribution in [0.5, 0.6) is 5.75 Å². The number of nitrogens with one attached hydrogen (secondary N) is 2. The summed E-state index contributed by atoms with van der Waals surface area (Å²) in [5, 5.41) is 5.43. The van der Waals surface area contributed by atoms with Gasteiger partial charge in [-0.15, -0.1) is 0 Å². The van der Waals surface area contributed by atoms with Crippen LogP contribution in [0.2, 0.25) is 0 Å². The average Bonchev–Trinajstić information content (AvgIpc) is 3.06. The Bertz CT molecular complexity index is 653. The first kappa shape index (κ1) is 17.5. The van der Waals surface area contributed by atoms with Gasteiger partial charge in [0.15, 0.2) is 0 Å². The minimum Gasteiger partial charge on any atom is -0.494 e. The number of carbonyl (C=O) groups excluding carboxylic acids is 2. The molecule has 0 saturated carbocycles. The molecule has 0 bridgehead atoms. The Kier molecular flexibility index (Phi) is 6.36. The molecule has 1 heterocycles. The summed E-state index contributed by atoms with van der Waals surface area (Å²) in [6, 6.07) is 6.73. The molecule has 7 nitrogen and oxygen atoms in total. The number of nitrogens with zero attached hydrogens (tertiary/aromatic N) is 2. The van der Waals surface area contributed by atoms with Crippen molar-refractivity contribution >= 4 is 11.8 Å². The standard InChI is InChI=1S/C17H22N4O3/c1-3-24-15-6-4-14(5-7-15)17(23)19-10-16(22)20-13(2)11-21-9-8-18-12-21/h4-9,12-13H,3,10-11H2,1-2H3,(H,19,23)(H,20,22)/t13-/m1/s1. The molecule has 0 fully saturated rings. The molecular formula is C17H22N4O3. The number of carbonyl (C=O) groups is 2. The molecule has 0 aliphatic carbocycles. The lowest BCUT2D eigenvalue weighted by Crippen LogP contribution is -2.42. The largest absolute Gasteiger partial charge is 0.494 e. The lowest BCUT2D eigenvalue weighted by molar-refractivity contribution is -0.120. The Morgan fingerprint density at radius 2 is 2.04 bits per heavy atom. The maximum absolute atomic E-state index is 12.0. The summed E-state index contributed by atoms with van der Waals surface area (Å²) in [7, 11) is 0. The van der Waals surface area contributed by atoms with Crippen molar-refractivity contribution in [2.75, 3.05) is 13.2 Å². The summed E-state index contributed by atoms with van der Waals surface area (Å²) >= 11 is 0. The maximum Gasteiger partial charge on any atom is 0.251 e. The van der Waals surface area contributed by atoms with Gasteiger partial charge in [0.1, 0.15) is 5.75 Å². The first-order valence-electron chi connectivity index (χ1n) is 7.84. The van der Waals surface area contributed by atoms with E-state index in [0.717, 1.165) is 0 Å². The van der Waals surface area contributed by atoms with E-state index in [0.29, 0.717) is 24.5 Å². The lowest BCUT2D eigenvalue weighted by atomic mass is 10.2. The summed E-state index contributed by atoms with van der Waals surface area (Å²) in [6.45, 7) is 4.92. The van der Waals surface area contributed by atoms with Gasteiger partial charge in [-0.1, -0.05) is 0 Å². The summed E-state index contributed by atoms with van der Waals surface area (Å²) < 4.78 is 7.20. The number of imidazole rings is 1. The zero-order chi connectivity index (χ0) is 17.4. The molecule has 2 amide bonds. The van der Waals surface area contributed by atoms with Crippen molar-refractivity contribution in [3.8, 4) is 5.75 Å². The van der Waals surface area contributed by atoms with E-state index in [1.807, 2.05) is 24.6 Å². The minimum absolute atomic E-state index is 0.0610. The second-order valence-corrected chi connectivity index (χ2v) is 5.37. The van der Waals surface area contributed by atoms with Crippen LogP contribution in [0.15, 0.2) is 43.0 Å². The normalized spacial score (nSPS) is 11.6. The van der Waals surface area contributed by atoms with Gasteiger partial charge in [-0.2, -0.15) is 0 Å². The van der Waals surface area contributed by atoms with Gasteiger partial charge in [0, 0.05) is 30.5 Å². The van der Waals surface area contributed by atoms with Crippen LogP contribution in [0.3, 0.4) is 0 Å². The second-order valence-electron chi connectivity index (χ2n) is 5.37. The fourth-order valence-corrected chi connectivity index (χ4v) is 2.21. The predicted octanol–water partition coefficient (Wildman–Crippen LogP) is 1.22. The van der Waals surface area contributed by atoms with E-state index in [4.69, 9.17) is 4.74 Å². The summed E-state index contributed by atoms with van der Waals surface area (Å²) in [5.74, 6) is 0.178. The highest BCUT2D eigenvalue weighted by atomic mass is 16.5.